The van der Waals surface area contributed by atoms with Crippen LogP contribution in [0.5, 0.6) is 0 Å². The zero-order valence-corrected chi connectivity index (χ0v) is 20.7. The molecule has 5 rings (SSSR count). The van der Waals surface area contributed by atoms with Gasteiger partial charge in [0.1, 0.15) is 5.82 Å². The first-order valence-electron chi connectivity index (χ1n) is 11.7. The van der Waals surface area contributed by atoms with Gasteiger partial charge < -0.3 is 10.1 Å². The fourth-order valence-electron chi connectivity index (χ4n) is 4.99. The fraction of sp³-hybridized carbons (Fsp3) is 0.200. The number of thiophene rings is 1. The van der Waals surface area contributed by atoms with Gasteiger partial charge in [-0.2, -0.15) is 11.3 Å². The molecule has 0 saturated carbocycles. The second kappa shape index (κ2) is 9.96. The Labute approximate surface area is 213 Å². The van der Waals surface area contributed by atoms with E-state index < -0.39 is 11.9 Å². The van der Waals surface area contributed by atoms with Crippen LogP contribution in [0, 0.1) is 17.7 Å². The van der Waals surface area contributed by atoms with E-state index in [9.17, 15) is 14.0 Å². The number of hydrogen-bond acceptors (Lipinski definition) is 5. The Bertz CT molecular complexity index is 1460. The van der Waals surface area contributed by atoms with Gasteiger partial charge >= 0.3 is 5.97 Å². The summed E-state index contributed by atoms with van der Waals surface area (Å²) in [6.07, 6.45) is 0.871. The number of benzene rings is 2. The molecule has 1 aliphatic carbocycles. The topological polar surface area (TPSA) is 55.4 Å². The monoisotopic (exact) mass is 497 g/mol. The lowest BCUT2D eigenvalue weighted by Gasteiger charge is -2.36. The molecule has 180 valence electrons. The Morgan fingerprint density at radius 3 is 2.53 bits per heavy atom. The van der Waals surface area contributed by atoms with Crippen molar-refractivity contribution < 1.29 is 18.7 Å². The fourth-order valence-corrected chi connectivity index (χ4v) is 5.80. The molecule has 1 aliphatic heterocycles. The highest BCUT2D eigenvalue weighted by Crippen LogP contribution is 2.47. The number of nitrogens with one attached hydrogen (secondary N) is 1. The lowest BCUT2D eigenvalue weighted by Crippen LogP contribution is -2.36. The molecule has 0 spiro atoms. The van der Waals surface area contributed by atoms with Gasteiger partial charge in [0.2, 0.25) is 0 Å². The molecule has 36 heavy (non-hydrogen) atoms. The maximum atomic E-state index is 13.7. The number of esters is 1. The zero-order valence-electron chi connectivity index (χ0n) is 19.9. The molecule has 0 amide bonds. The third kappa shape index (κ3) is 4.50. The average Bonchev–Trinajstić information content (AvgIpc) is 3.35. The quantitative estimate of drug-likeness (QED) is 0.366. The number of ketones is 1. The number of halogens is 1. The van der Waals surface area contributed by atoms with E-state index >= 15 is 0 Å². The smallest absolute Gasteiger partial charge is 0.336 e. The van der Waals surface area contributed by atoms with Crippen LogP contribution in [-0.2, 0) is 14.3 Å². The Morgan fingerprint density at radius 1 is 1.06 bits per heavy atom. The van der Waals surface area contributed by atoms with Gasteiger partial charge in [-0.3, -0.25) is 4.79 Å². The van der Waals surface area contributed by atoms with E-state index in [1.54, 1.807) is 12.1 Å². The van der Waals surface area contributed by atoms with Gasteiger partial charge in [-0.15, -0.1) is 0 Å². The van der Waals surface area contributed by atoms with E-state index in [0.29, 0.717) is 23.3 Å². The molecule has 2 aromatic carbocycles. The van der Waals surface area contributed by atoms with Gasteiger partial charge in [-0.1, -0.05) is 42.2 Å². The minimum absolute atomic E-state index is 0.0369. The number of hydrogen-bond donors (Lipinski definition) is 1. The minimum atomic E-state index is -0.568. The molecule has 1 N–H and O–H groups in total. The highest BCUT2D eigenvalue weighted by atomic mass is 32.1. The number of dihydropyridines is 1. The van der Waals surface area contributed by atoms with Gasteiger partial charge in [0.25, 0.3) is 0 Å². The summed E-state index contributed by atoms with van der Waals surface area (Å²) in [6.45, 7) is 1.83. The largest absolute Gasteiger partial charge is 0.466 e. The van der Waals surface area contributed by atoms with Crippen LogP contribution in [-0.4, -0.2) is 18.9 Å². The summed E-state index contributed by atoms with van der Waals surface area (Å²) in [4.78, 5) is 26.6. The van der Waals surface area contributed by atoms with E-state index in [-0.39, 0.29) is 23.9 Å². The van der Waals surface area contributed by atoms with Crippen molar-refractivity contribution in [2.75, 3.05) is 7.11 Å². The van der Waals surface area contributed by atoms with E-state index in [0.717, 1.165) is 28.0 Å². The van der Waals surface area contributed by atoms with Gasteiger partial charge in [0.15, 0.2) is 5.78 Å². The summed E-state index contributed by atoms with van der Waals surface area (Å²) in [7, 11) is 1.35. The molecule has 0 fully saturated rings. The molecule has 0 bridgehead atoms. The predicted octanol–water partition coefficient (Wildman–Crippen LogP) is 5.82. The van der Waals surface area contributed by atoms with Gasteiger partial charge in [0.05, 0.1) is 18.6 Å². The van der Waals surface area contributed by atoms with Crippen LogP contribution in [0.1, 0.15) is 53.9 Å². The first-order valence-corrected chi connectivity index (χ1v) is 12.6. The molecule has 2 aliphatic rings. The number of methoxy groups -OCH3 is 1. The summed E-state index contributed by atoms with van der Waals surface area (Å²) in [6, 6.07) is 16.0. The third-order valence-corrected chi connectivity index (χ3v) is 7.45. The Balaban J connectivity index is 1.59. The predicted molar refractivity (Wildman–Crippen MR) is 138 cm³/mol. The van der Waals surface area contributed by atoms with Crippen molar-refractivity contribution in [1.82, 2.24) is 5.32 Å². The zero-order chi connectivity index (χ0) is 25.2. The standard InChI is InChI=1S/C30H24FNO3S/c1-18-27(30(34)35-2)28(24-17-36-16-21(24)9-8-19-6-4-3-5-7-19)29-25(32-18)14-22(15-26(29)33)20-10-12-23(31)13-11-20/h3-7,10-13,16-17,22,28,32H,14-15H2,1-2H3. The number of allylic oxidation sites excluding steroid dienone is 3. The van der Waals surface area contributed by atoms with Crippen LogP contribution >= 0.6 is 11.3 Å². The van der Waals surface area contributed by atoms with Crippen LogP contribution < -0.4 is 5.32 Å². The second-order valence-corrected chi connectivity index (χ2v) is 9.66. The van der Waals surface area contributed by atoms with Crippen LogP contribution in [0.15, 0.2) is 87.9 Å². The summed E-state index contributed by atoms with van der Waals surface area (Å²) < 4.78 is 18.6. The van der Waals surface area contributed by atoms with Crippen molar-refractivity contribution in [3.05, 3.63) is 116 Å². The highest BCUT2D eigenvalue weighted by molar-refractivity contribution is 7.08. The van der Waals surface area contributed by atoms with Crippen LogP contribution in [0.25, 0.3) is 0 Å². The normalized spacial score (nSPS) is 19.2. The molecule has 2 atom stereocenters. The molecule has 0 saturated heterocycles. The molecule has 1 aromatic heterocycles. The first-order chi connectivity index (χ1) is 17.5. The molecule has 2 heterocycles. The molecule has 3 aromatic rings. The van der Waals surface area contributed by atoms with Crippen LogP contribution in [0.3, 0.4) is 0 Å². The lowest BCUT2D eigenvalue weighted by atomic mass is 9.71. The van der Waals surface area contributed by atoms with Crippen LogP contribution in [0.4, 0.5) is 4.39 Å². The molecule has 2 unspecified atom stereocenters. The minimum Gasteiger partial charge on any atom is -0.466 e. The van der Waals surface area contributed by atoms with Crippen molar-refractivity contribution in [2.24, 2.45) is 0 Å². The van der Waals surface area contributed by atoms with Crippen molar-refractivity contribution in [1.29, 1.82) is 0 Å². The Kier molecular flexibility index (Phi) is 6.58. The van der Waals surface area contributed by atoms with Gasteiger partial charge in [-0.05, 0) is 60.0 Å². The van der Waals surface area contributed by atoms with E-state index in [2.05, 4.69) is 17.2 Å². The number of carbonyl (C=O) groups excluding carboxylic acids is 2. The number of rotatable bonds is 3. The van der Waals surface area contributed by atoms with E-state index in [1.807, 2.05) is 48.0 Å². The molecule has 4 nitrogen and oxygen atoms in total. The summed E-state index contributed by atoms with van der Waals surface area (Å²) >= 11 is 1.49. The molecule has 0 radical (unpaired) electrons. The number of Topliss-reactive ketones (excluding diaryl/α,β-unsaturated/α-hetero) is 1. The Morgan fingerprint density at radius 2 is 1.81 bits per heavy atom. The van der Waals surface area contributed by atoms with E-state index in [1.165, 1.54) is 30.6 Å². The first kappa shape index (κ1) is 23.8. The summed E-state index contributed by atoms with van der Waals surface area (Å²) in [5, 5.41) is 7.24. The van der Waals surface area contributed by atoms with E-state index in [4.69, 9.17) is 4.74 Å². The maximum Gasteiger partial charge on any atom is 0.336 e. The number of ether oxygens (including phenoxy) is 1. The second-order valence-electron chi connectivity index (χ2n) is 8.92. The molecule has 6 heteroatoms. The molecular formula is C30H24FNO3S. The van der Waals surface area contributed by atoms with Crippen LogP contribution in [0.2, 0.25) is 0 Å². The Hall–Kier alpha value is -3.95. The van der Waals surface area contributed by atoms with Crippen molar-refractivity contribution >= 4 is 23.1 Å². The van der Waals surface area contributed by atoms with Gasteiger partial charge in [-0.25, -0.2) is 9.18 Å². The van der Waals surface area contributed by atoms with Crippen molar-refractivity contribution in [3.8, 4) is 11.8 Å². The SMILES string of the molecule is COC(=O)C1=C(C)NC2=C(C(=O)CC(c3ccc(F)cc3)C2)C1c1cscc1C#Cc1ccccc1. The molecular weight excluding hydrogens is 473 g/mol. The third-order valence-electron chi connectivity index (χ3n) is 6.69. The number of carbonyl (C=O) groups is 2. The van der Waals surface area contributed by atoms with Crippen molar-refractivity contribution in [3.63, 3.8) is 0 Å². The van der Waals surface area contributed by atoms with Crippen molar-refractivity contribution in [2.45, 2.75) is 31.6 Å². The summed E-state index contributed by atoms with van der Waals surface area (Å²) in [5.41, 5.74) is 5.87. The highest BCUT2D eigenvalue weighted by Gasteiger charge is 2.42. The summed E-state index contributed by atoms with van der Waals surface area (Å²) in [5.74, 6) is 4.98. The van der Waals surface area contributed by atoms with Gasteiger partial charge in [0, 0.05) is 39.9 Å². The maximum absolute atomic E-state index is 13.7. The average molecular weight is 498 g/mol. The lowest BCUT2D eigenvalue weighted by molar-refractivity contribution is -0.136.